The third-order valence-electron chi connectivity index (χ3n) is 3.76. The summed E-state index contributed by atoms with van der Waals surface area (Å²) in [5.74, 6) is -1.03. The molecule has 134 valence electrons. The number of benzene rings is 1. The molecule has 0 bridgehead atoms. The van der Waals surface area contributed by atoms with E-state index in [1.54, 1.807) is 23.0 Å². The lowest BCUT2D eigenvalue weighted by Gasteiger charge is -2.06. The molecule has 27 heavy (non-hydrogen) atoms. The second-order valence-electron chi connectivity index (χ2n) is 5.53. The Hall–Kier alpha value is -3.30. The number of hydrogen-bond donors (Lipinski definition) is 3. The second-order valence-corrected chi connectivity index (χ2v) is 7.31. The van der Waals surface area contributed by atoms with Crippen LogP contribution >= 0.6 is 22.7 Å². The molecule has 9 heteroatoms. The molecular weight excluding hydrogens is 382 g/mol. The molecule has 1 aromatic carbocycles. The van der Waals surface area contributed by atoms with E-state index in [0.29, 0.717) is 15.7 Å². The standard InChI is InChI=1S/C18H13N5O2S2/c19-15(24)14-17(23-16(25)10-6-8-26-9-10)27-18(22-14)21-13-5-7-20-12-4-2-1-3-11(12)13/h1-9H,(H2,19,24)(H,23,25)(H,20,21,22). The Morgan fingerprint density at radius 3 is 2.74 bits per heavy atom. The van der Waals surface area contributed by atoms with Crippen LogP contribution in [0.3, 0.4) is 0 Å². The fourth-order valence-corrected chi connectivity index (χ4v) is 4.03. The predicted octanol–water partition coefficient (Wildman–Crippen LogP) is 3.85. The van der Waals surface area contributed by atoms with Crippen molar-refractivity contribution in [3.63, 3.8) is 0 Å². The smallest absolute Gasteiger partial charge is 0.270 e. The largest absolute Gasteiger partial charge is 0.364 e. The lowest BCUT2D eigenvalue weighted by molar-refractivity contribution is 0.0997. The van der Waals surface area contributed by atoms with E-state index in [1.165, 1.54) is 11.3 Å². The molecule has 4 N–H and O–H groups in total. The summed E-state index contributed by atoms with van der Waals surface area (Å²) in [6.45, 7) is 0. The molecule has 7 nitrogen and oxygen atoms in total. The van der Waals surface area contributed by atoms with E-state index in [-0.39, 0.29) is 11.6 Å². The number of rotatable bonds is 5. The SMILES string of the molecule is NC(=O)c1nc(Nc2ccnc3ccccc23)sc1NC(=O)c1ccsc1. The van der Waals surface area contributed by atoms with Crippen LogP contribution in [-0.2, 0) is 0 Å². The third kappa shape index (κ3) is 3.50. The van der Waals surface area contributed by atoms with Crippen LogP contribution in [0.2, 0.25) is 0 Å². The molecule has 0 fully saturated rings. The van der Waals surface area contributed by atoms with Crippen molar-refractivity contribution >= 4 is 61.2 Å². The van der Waals surface area contributed by atoms with Gasteiger partial charge in [0.1, 0.15) is 5.00 Å². The van der Waals surface area contributed by atoms with Gasteiger partial charge in [-0.1, -0.05) is 29.5 Å². The average molecular weight is 395 g/mol. The van der Waals surface area contributed by atoms with E-state index < -0.39 is 5.91 Å². The van der Waals surface area contributed by atoms with Crippen molar-refractivity contribution in [3.8, 4) is 0 Å². The molecule has 2 amide bonds. The summed E-state index contributed by atoms with van der Waals surface area (Å²) in [7, 11) is 0. The molecule has 0 radical (unpaired) electrons. The van der Waals surface area contributed by atoms with E-state index in [9.17, 15) is 9.59 Å². The summed E-state index contributed by atoms with van der Waals surface area (Å²) < 4.78 is 0. The number of carbonyl (C=O) groups is 2. The Morgan fingerprint density at radius 2 is 1.96 bits per heavy atom. The monoisotopic (exact) mass is 395 g/mol. The summed E-state index contributed by atoms with van der Waals surface area (Å²) in [6.07, 6.45) is 1.69. The molecule has 4 rings (SSSR count). The number of nitrogens with two attached hydrogens (primary N) is 1. The first-order chi connectivity index (χ1) is 13.1. The highest BCUT2D eigenvalue weighted by atomic mass is 32.1. The molecule has 0 saturated heterocycles. The van der Waals surface area contributed by atoms with Crippen molar-refractivity contribution in [1.29, 1.82) is 0 Å². The van der Waals surface area contributed by atoms with Gasteiger partial charge in [0.2, 0.25) is 0 Å². The Labute approximate surface area is 161 Å². The van der Waals surface area contributed by atoms with Crippen molar-refractivity contribution < 1.29 is 9.59 Å². The van der Waals surface area contributed by atoms with E-state index >= 15 is 0 Å². The fraction of sp³-hybridized carbons (Fsp3) is 0. The summed E-state index contributed by atoms with van der Waals surface area (Å²) in [5.41, 5.74) is 7.58. The van der Waals surface area contributed by atoms with Crippen molar-refractivity contribution in [2.75, 3.05) is 10.6 Å². The van der Waals surface area contributed by atoms with Crippen molar-refractivity contribution in [2.45, 2.75) is 0 Å². The number of nitrogens with zero attached hydrogens (tertiary/aromatic N) is 2. The van der Waals surface area contributed by atoms with Gasteiger partial charge in [-0.15, -0.1) is 0 Å². The minimum absolute atomic E-state index is 0.0180. The zero-order valence-corrected chi connectivity index (χ0v) is 15.4. The Balaban J connectivity index is 1.66. The molecule has 0 aliphatic rings. The maximum atomic E-state index is 12.3. The maximum absolute atomic E-state index is 12.3. The van der Waals surface area contributed by atoms with E-state index in [1.807, 2.05) is 30.3 Å². The lowest BCUT2D eigenvalue weighted by Crippen LogP contribution is -2.17. The number of anilines is 3. The number of aromatic nitrogens is 2. The summed E-state index contributed by atoms with van der Waals surface area (Å²) >= 11 is 2.56. The van der Waals surface area contributed by atoms with E-state index in [4.69, 9.17) is 5.73 Å². The maximum Gasteiger partial charge on any atom is 0.270 e. The van der Waals surface area contributed by atoms with Crippen LogP contribution in [-0.4, -0.2) is 21.8 Å². The van der Waals surface area contributed by atoms with Gasteiger partial charge < -0.3 is 16.4 Å². The van der Waals surface area contributed by atoms with Crippen LogP contribution in [0.25, 0.3) is 10.9 Å². The molecule has 3 heterocycles. The van der Waals surface area contributed by atoms with Crippen LogP contribution in [0, 0.1) is 0 Å². The third-order valence-corrected chi connectivity index (χ3v) is 5.33. The number of thiazole rings is 1. The number of fused-ring (bicyclic) bond motifs is 1. The van der Waals surface area contributed by atoms with Gasteiger partial charge in [-0.2, -0.15) is 11.3 Å². The van der Waals surface area contributed by atoms with Crippen LogP contribution < -0.4 is 16.4 Å². The minimum atomic E-state index is -0.709. The number of hydrogen-bond acceptors (Lipinski definition) is 7. The fourth-order valence-electron chi connectivity index (χ4n) is 2.51. The van der Waals surface area contributed by atoms with E-state index in [0.717, 1.165) is 27.9 Å². The number of pyridine rings is 1. The number of nitrogens with one attached hydrogen (secondary N) is 2. The Kier molecular flexibility index (Phi) is 4.53. The molecule has 0 atom stereocenters. The van der Waals surface area contributed by atoms with Gasteiger partial charge in [-0.25, -0.2) is 4.98 Å². The molecular formula is C18H13N5O2S2. The van der Waals surface area contributed by atoms with Gasteiger partial charge in [-0.3, -0.25) is 14.6 Å². The highest BCUT2D eigenvalue weighted by molar-refractivity contribution is 7.20. The molecule has 0 aliphatic carbocycles. The zero-order chi connectivity index (χ0) is 18.8. The number of para-hydroxylation sites is 1. The molecule has 3 aromatic heterocycles. The van der Waals surface area contributed by atoms with Crippen molar-refractivity contribution in [3.05, 3.63) is 64.6 Å². The number of amides is 2. The highest BCUT2D eigenvalue weighted by Gasteiger charge is 2.19. The minimum Gasteiger partial charge on any atom is -0.364 e. The summed E-state index contributed by atoms with van der Waals surface area (Å²) in [6, 6.07) is 11.2. The first-order valence-corrected chi connectivity index (χ1v) is 9.62. The average Bonchev–Trinajstić information content (AvgIpc) is 3.32. The van der Waals surface area contributed by atoms with Crippen molar-refractivity contribution in [1.82, 2.24) is 9.97 Å². The topological polar surface area (TPSA) is 110 Å². The quantitative estimate of drug-likeness (QED) is 0.475. The van der Waals surface area contributed by atoms with Gasteiger partial charge in [0.25, 0.3) is 11.8 Å². The van der Waals surface area contributed by atoms with Crippen LogP contribution in [0.5, 0.6) is 0 Å². The van der Waals surface area contributed by atoms with Crippen molar-refractivity contribution in [2.24, 2.45) is 5.73 Å². The first kappa shape index (κ1) is 17.1. The van der Waals surface area contributed by atoms with Crippen LogP contribution in [0.1, 0.15) is 20.8 Å². The number of carbonyl (C=O) groups excluding carboxylic acids is 2. The summed E-state index contributed by atoms with van der Waals surface area (Å²) in [4.78, 5) is 32.6. The van der Waals surface area contributed by atoms with E-state index in [2.05, 4.69) is 20.6 Å². The predicted molar refractivity (Wildman–Crippen MR) is 108 cm³/mol. The number of thiophene rings is 1. The van der Waals surface area contributed by atoms with Gasteiger partial charge in [0.15, 0.2) is 10.8 Å². The molecule has 0 saturated carbocycles. The van der Waals surface area contributed by atoms with Crippen LogP contribution in [0.15, 0.2) is 53.4 Å². The normalized spacial score (nSPS) is 10.7. The van der Waals surface area contributed by atoms with Gasteiger partial charge in [-0.05, 0) is 23.6 Å². The Bertz CT molecular complexity index is 1130. The molecule has 0 unspecified atom stereocenters. The highest BCUT2D eigenvalue weighted by Crippen LogP contribution is 2.32. The second kappa shape index (κ2) is 7.14. The molecule has 0 aliphatic heterocycles. The lowest BCUT2D eigenvalue weighted by atomic mass is 10.2. The molecule has 0 spiro atoms. The Morgan fingerprint density at radius 1 is 1.11 bits per heavy atom. The van der Waals surface area contributed by atoms with Gasteiger partial charge in [0, 0.05) is 17.0 Å². The van der Waals surface area contributed by atoms with Crippen LogP contribution in [0.4, 0.5) is 15.8 Å². The van der Waals surface area contributed by atoms with Gasteiger partial charge in [0.05, 0.1) is 16.8 Å². The number of primary amides is 1. The van der Waals surface area contributed by atoms with Gasteiger partial charge >= 0.3 is 0 Å². The summed E-state index contributed by atoms with van der Waals surface area (Å²) in [5, 5.41) is 11.1. The zero-order valence-electron chi connectivity index (χ0n) is 13.8. The molecule has 4 aromatic rings. The first-order valence-electron chi connectivity index (χ1n) is 7.87.